The predicted molar refractivity (Wildman–Crippen MR) is 69.6 cm³/mol. The van der Waals surface area contributed by atoms with Crippen molar-refractivity contribution in [1.29, 1.82) is 0 Å². The van der Waals surface area contributed by atoms with Crippen molar-refractivity contribution >= 4 is 5.91 Å². The Morgan fingerprint density at radius 1 is 1.24 bits per heavy atom. The Morgan fingerprint density at radius 2 is 1.82 bits per heavy atom. The minimum absolute atomic E-state index is 0.316. The lowest BCUT2D eigenvalue weighted by Crippen LogP contribution is -2.42. The molecule has 1 aliphatic heterocycles. The van der Waals surface area contributed by atoms with Crippen molar-refractivity contribution in [3.05, 3.63) is 0 Å². The maximum absolute atomic E-state index is 12.0. The molecule has 98 valence electrons. The number of carbonyl (C=O) groups excluding carboxylic acids is 1. The molecular weight excluding hydrogens is 212 g/mol. The van der Waals surface area contributed by atoms with E-state index in [1.54, 1.807) is 0 Å². The number of nitrogens with two attached hydrogens (primary N) is 1. The molecule has 0 aromatic heterocycles. The van der Waals surface area contributed by atoms with Crippen LogP contribution in [0, 0.1) is 11.3 Å². The van der Waals surface area contributed by atoms with Crippen LogP contribution in [0.4, 0.5) is 0 Å². The second-order valence-electron chi connectivity index (χ2n) is 6.13. The lowest BCUT2D eigenvalue weighted by atomic mass is 9.77. The van der Waals surface area contributed by atoms with Gasteiger partial charge in [-0.1, -0.05) is 19.8 Å². The molecule has 2 fully saturated rings. The van der Waals surface area contributed by atoms with Gasteiger partial charge < -0.3 is 10.6 Å². The molecule has 1 spiro atoms. The second kappa shape index (κ2) is 5.38. The van der Waals surface area contributed by atoms with Gasteiger partial charge in [0, 0.05) is 19.5 Å². The number of rotatable bonds is 3. The van der Waals surface area contributed by atoms with Crippen LogP contribution in [0.3, 0.4) is 0 Å². The molecule has 0 aromatic carbocycles. The average molecular weight is 238 g/mol. The van der Waals surface area contributed by atoms with Crippen LogP contribution in [-0.2, 0) is 4.79 Å². The maximum Gasteiger partial charge on any atom is 0.222 e. The second-order valence-corrected chi connectivity index (χ2v) is 6.13. The summed E-state index contributed by atoms with van der Waals surface area (Å²) in [7, 11) is 0. The first-order valence-corrected chi connectivity index (χ1v) is 7.13. The fourth-order valence-electron chi connectivity index (χ4n) is 3.37. The van der Waals surface area contributed by atoms with Gasteiger partial charge in [-0.05, 0) is 43.6 Å². The minimum atomic E-state index is 0.316. The van der Waals surface area contributed by atoms with E-state index < -0.39 is 0 Å². The zero-order valence-electron chi connectivity index (χ0n) is 11.1. The summed E-state index contributed by atoms with van der Waals surface area (Å²) in [4.78, 5) is 14.1. The normalized spacial score (nSPS) is 25.2. The smallest absolute Gasteiger partial charge is 0.222 e. The zero-order valence-corrected chi connectivity index (χ0v) is 11.1. The minimum Gasteiger partial charge on any atom is -0.343 e. The Kier molecular flexibility index (Phi) is 4.08. The highest BCUT2D eigenvalue weighted by atomic mass is 16.2. The number of likely N-dealkylation sites (tertiary alicyclic amines) is 1. The third-order valence-corrected chi connectivity index (χ3v) is 4.77. The molecule has 2 aliphatic rings. The van der Waals surface area contributed by atoms with Crippen molar-refractivity contribution in [2.75, 3.05) is 19.6 Å². The van der Waals surface area contributed by atoms with Gasteiger partial charge in [0.1, 0.15) is 0 Å². The van der Waals surface area contributed by atoms with Crippen molar-refractivity contribution in [3.63, 3.8) is 0 Å². The van der Waals surface area contributed by atoms with E-state index in [0.717, 1.165) is 13.1 Å². The topological polar surface area (TPSA) is 46.3 Å². The lowest BCUT2D eigenvalue weighted by Gasteiger charge is -2.39. The fraction of sp³-hybridized carbons (Fsp3) is 0.929. The number of piperidine rings is 1. The zero-order chi connectivity index (χ0) is 12.3. The Bertz CT molecular complexity index is 261. The van der Waals surface area contributed by atoms with Gasteiger partial charge in [-0.2, -0.15) is 0 Å². The van der Waals surface area contributed by atoms with E-state index in [4.69, 9.17) is 5.73 Å². The summed E-state index contributed by atoms with van der Waals surface area (Å²) in [6.45, 7) is 4.63. The Hall–Kier alpha value is -0.570. The standard InChI is InChI=1S/C14H26N2O/c1-12(11-15)10-13(17)16-8-6-14(7-9-16)4-2-3-5-14/h12H,2-11,15H2,1H3. The third kappa shape index (κ3) is 3.01. The molecule has 0 aromatic rings. The van der Waals surface area contributed by atoms with Gasteiger partial charge in [0.15, 0.2) is 0 Å². The van der Waals surface area contributed by atoms with Crippen LogP contribution in [-0.4, -0.2) is 30.4 Å². The average Bonchev–Trinajstić information content (AvgIpc) is 2.78. The van der Waals surface area contributed by atoms with Crippen molar-refractivity contribution in [2.24, 2.45) is 17.1 Å². The van der Waals surface area contributed by atoms with Gasteiger partial charge in [-0.3, -0.25) is 4.79 Å². The molecule has 2 N–H and O–H groups in total. The summed E-state index contributed by atoms with van der Waals surface area (Å²) in [6.07, 6.45) is 8.69. The molecule has 1 saturated heterocycles. The van der Waals surface area contributed by atoms with E-state index in [0.29, 0.717) is 30.2 Å². The Morgan fingerprint density at radius 3 is 2.35 bits per heavy atom. The summed E-state index contributed by atoms with van der Waals surface area (Å²) >= 11 is 0. The lowest BCUT2D eigenvalue weighted by molar-refractivity contribution is -0.134. The van der Waals surface area contributed by atoms with Gasteiger partial charge in [-0.25, -0.2) is 0 Å². The van der Waals surface area contributed by atoms with Crippen LogP contribution in [0.25, 0.3) is 0 Å². The van der Waals surface area contributed by atoms with Gasteiger partial charge in [-0.15, -0.1) is 0 Å². The van der Waals surface area contributed by atoms with Crippen LogP contribution in [0.2, 0.25) is 0 Å². The maximum atomic E-state index is 12.0. The number of carbonyl (C=O) groups is 1. The highest BCUT2D eigenvalue weighted by Crippen LogP contribution is 2.46. The first kappa shape index (κ1) is 12.9. The van der Waals surface area contributed by atoms with Crippen molar-refractivity contribution in [3.8, 4) is 0 Å². The fourth-order valence-corrected chi connectivity index (χ4v) is 3.37. The summed E-state index contributed by atoms with van der Waals surface area (Å²) in [6, 6.07) is 0. The van der Waals surface area contributed by atoms with Gasteiger partial charge >= 0.3 is 0 Å². The molecular formula is C14H26N2O. The molecule has 1 amide bonds. The van der Waals surface area contributed by atoms with Crippen molar-refractivity contribution < 1.29 is 4.79 Å². The number of nitrogens with zero attached hydrogens (tertiary/aromatic N) is 1. The predicted octanol–water partition coefficient (Wildman–Crippen LogP) is 2.15. The largest absolute Gasteiger partial charge is 0.343 e. The first-order chi connectivity index (χ1) is 8.15. The van der Waals surface area contributed by atoms with Gasteiger partial charge in [0.25, 0.3) is 0 Å². The molecule has 1 atom stereocenters. The van der Waals surface area contributed by atoms with Crippen LogP contribution in [0.1, 0.15) is 51.9 Å². The van der Waals surface area contributed by atoms with E-state index in [1.807, 2.05) is 0 Å². The molecule has 2 rings (SSSR count). The van der Waals surface area contributed by atoms with E-state index in [-0.39, 0.29) is 0 Å². The monoisotopic (exact) mass is 238 g/mol. The molecule has 3 nitrogen and oxygen atoms in total. The highest BCUT2D eigenvalue weighted by Gasteiger charge is 2.37. The molecule has 1 aliphatic carbocycles. The highest BCUT2D eigenvalue weighted by molar-refractivity contribution is 5.76. The Labute approximate surface area is 105 Å². The van der Waals surface area contributed by atoms with Crippen LogP contribution in [0.5, 0.6) is 0 Å². The Balaban J connectivity index is 1.80. The summed E-state index contributed by atoms with van der Waals surface area (Å²) in [5.74, 6) is 0.640. The van der Waals surface area contributed by atoms with Crippen molar-refractivity contribution in [1.82, 2.24) is 4.90 Å². The third-order valence-electron chi connectivity index (χ3n) is 4.77. The van der Waals surface area contributed by atoms with Crippen LogP contribution >= 0.6 is 0 Å². The van der Waals surface area contributed by atoms with E-state index in [9.17, 15) is 4.79 Å². The van der Waals surface area contributed by atoms with Crippen LogP contribution in [0.15, 0.2) is 0 Å². The SMILES string of the molecule is CC(CN)CC(=O)N1CCC2(CCCC2)CC1. The number of hydrogen-bond donors (Lipinski definition) is 1. The first-order valence-electron chi connectivity index (χ1n) is 7.13. The van der Waals surface area contributed by atoms with Crippen LogP contribution < -0.4 is 5.73 Å². The van der Waals surface area contributed by atoms with Gasteiger partial charge in [0.05, 0.1) is 0 Å². The summed E-state index contributed by atoms with van der Waals surface area (Å²) < 4.78 is 0. The summed E-state index contributed by atoms with van der Waals surface area (Å²) in [5.41, 5.74) is 6.18. The molecule has 1 heterocycles. The number of hydrogen-bond acceptors (Lipinski definition) is 2. The molecule has 3 heteroatoms. The van der Waals surface area contributed by atoms with Crippen molar-refractivity contribution in [2.45, 2.75) is 51.9 Å². The molecule has 0 bridgehead atoms. The molecule has 17 heavy (non-hydrogen) atoms. The van der Waals surface area contributed by atoms with E-state index in [2.05, 4.69) is 11.8 Å². The molecule has 0 radical (unpaired) electrons. The van der Waals surface area contributed by atoms with Gasteiger partial charge in [0.2, 0.25) is 5.91 Å². The summed E-state index contributed by atoms with van der Waals surface area (Å²) in [5, 5.41) is 0. The number of amides is 1. The quantitative estimate of drug-likeness (QED) is 0.819. The van der Waals surface area contributed by atoms with E-state index in [1.165, 1.54) is 38.5 Å². The molecule has 1 unspecified atom stereocenters. The molecule has 1 saturated carbocycles. The van der Waals surface area contributed by atoms with E-state index >= 15 is 0 Å².